The number of nitrogens with zero attached hydrogens (tertiary/aromatic N) is 3. The largest absolute Gasteiger partial charge is 0.373 e. The number of carbonyl (C=O) groups is 1. The van der Waals surface area contributed by atoms with E-state index in [4.69, 9.17) is 0 Å². The van der Waals surface area contributed by atoms with Crippen molar-refractivity contribution < 1.29 is 9.72 Å². The molecule has 1 aliphatic rings. The van der Waals surface area contributed by atoms with Gasteiger partial charge in [-0.25, -0.2) is 4.98 Å². The Morgan fingerprint density at radius 3 is 2.90 bits per heavy atom. The number of nitrogens with one attached hydrogen (secondary N) is 2. The summed E-state index contributed by atoms with van der Waals surface area (Å²) in [6, 6.07) is 1.42. The minimum Gasteiger partial charge on any atom is -0.373 e. The van der Waals surface area contributed by atoms with Gasteiger partial charge in [-0.05, 0) is 20.0 Å². The van der Waals surface area contributed by atoms with Gasteiger partial charge >= 0.3 is 0 Å². The molecule has 0 radical (unpaired) electrons. The summed E-state index contributed by atoms with van der Waals surface area (Å²) in [6.45, 7) is 1.66. The van der Waals surface area contributed by atoms with Crippen molar-refractivity contribution in [1.82, 2.24) is 15.2 Å². The maximum Gasteiger partial charge on any atom is 0.300 e. The highest BCUT2D eigenvalue weighted by atomic mass is 16.6. The third kappa shape index (κ3) is 3.02. The molecule has 20 heavy (non-hydrogen) atoms. The predicted octanol–water partition coefficient (Wildman–Crippen LogP) is 0.465. The fraction of sp³-hybridized carbons (Fsp3) is 0.500. The molecule has 108 valence electrons. The number of likely N-dealkylation sites (N-methyl/N-ethyl adjacent to an activating group) is 1. The second kappa shape index (κ2) is 5.83. The number of rotatable bonds is 4. The molecule has 8 heteroatoms. The SMILES string of the molecule is CNc1cc(C(=O)NC2CCN(C)C2)c([N+](=O)[O-])cn1. The predicted molar refractivity (Wildman–Crippen MR) is 73.8 cm³/mol. The zero-order chi connectivity index (χ0) is 14.7. The van der Waals surface area contributed by atoms with E-state index >= 15 is 0 Å². The van der Waals surface area contributed by atoms with Gasteiger partial charge in [0.2, 0.25) is 0 Å². The first-order valence-corrected chi connectivity index (χ1v) is 6.33. The van der Waals surface area contributed by atoms with Crippen LogP contribution >= 0.6 is 0 Å². The van der Waals surface area contributed by atoms with Crippen molar-refractivity contribution >= 4 is 17.4 Å². The molecule has 2 rings (SSSR count). The molecule has 0 saturated carbocycles. The third-order valence-corrected chi connectivity index (χ3v) is 3.31. The van der Waals surface area contributed by atoms with E-state index in [-0.39, 0.29) is 17.3 Å². The standard InChI is InChI=1S/C12H17N5O3/c1-13-11-5-9(10(6-14-11)17(19)20)12(18)15-8-3-4-16(2)7-8/h5-6,8H,3-4,7H2,1-2H3,(H,13,14)(H,15,18). The van der Waals surface area contributed by atoms with Gasteiger partial charge in [-0.3, -0.25) is 14.9 Å². The number of aromatic nitrogens is 1. The maximum absolute atomic E-state index is 12.2. The van der Waals surface area contributed by atoms with Crippen LogP contribution in [0.1, 0.15) is 16.8 Å². The fourth-order valence-corrected chi connectivity index (χ4v) is 2.23. The van der Waals surface area contributed by atoms with Crippen LogP contribution in [0.4, 0.5) is 11.5 Å². The van der Waals surface area contributed by atoms with E-state index in [1.807, 2.05) is 7.05 Å². The number of nitro groups is 1. The number of amides is 1. The number of hydrogen-bond donors (Lipinski definition) is 2. The lowest BCUT2D eigenvalue weighted by Gasteiger charge is -2.13. The van der Waals surface area contributed by atoms with Crippen LogP contribution in [0.2, 0.25) is 0 Å². The molecule has 8 nitrogen and oxygen atoms in total. The quantitative estimate of drug-likeness (QED) is 0.613. The van der Waals surface area contributed by atoms with Crippen LogP contribution in [-0.4, -0.2) is 53.9 Å². The van der Waals surface area contributed by atoms with Gasteiger partial charge < -0.3 is 15.5 Å². The van der Waals surface area contributed by atoms with Crippen LogP contribution < -0.4 is 10.6 Å². The zero-order valence-corrected chi connectivity index (χ0v) is 11.4. The van der Waals surface area contributed by atoms with Crippen LogP contribution in [-0.2, 0) is 0 Å². The molecule has 1 saturated heterocycles. The van der Waals surface area contributed by atoms with Gasteiger partial charge in [-0.15, -0.1) is 0 Å². The van der Waals surface area contributed by atoms with Gasteiger partial charge in [0.1, 0.15) is 17.6 Å². The summed E-state index contributed by atoms with van der Waals surface area (Å²) in [5.41, 5.74) is -0.253. The van der Waals surface area contributed by atoms with Crippen LogP contribution in [0.15, 0.2) is 12.3 Å². The van der Waals surface area contributed by atoms with Gasteiger partial charge in [0.25, 0.3) is 11.6 Å². The molecule has 1 aliphatic heterocycles. The summed E-state index contributed by atoms with van der Waals surface area (Å²) < 4.78 is 0. The van der Waals surface area contributed by atoms with E-state index in [1.54, 1.807) is 7.05 Å². The smallest absolute Gasteiger partial charge is 0.300 e. The number of carbonyl (C=O) groups excluding carboxylic acids is 1. The van der Waals surface area contributed by atoms with E-state index in [9.17, 15) is 14.9 Å². The Labute approximate surface area is 116 Å². The van der Waals surface area contributed by atoms with E-state index in [0.717, 1.165) is 25.7 Å². The highest BCUT2D eigenvalue weighted by Crippen LogP contribution is 2.20. The molecule has 2 N–H and O–H groups in total. The average Bonchev–Trinajstić information content (AvgIpc) is 2.83. The lowest BCUT2D eigenvalue weighted by atomic mass is 10.2. The summed E-state index contributed by atoms with van der Waals surface area (Å²) in [4.78, 5) is 28.6. The molecule has 1 aromatic rings. The minimum absolute atomic E-state index is 0.0262. The van der Waals surface area contributed by atoms with Gasteiger partial charge in [0.15, 0.2) is 0 Å². The Morgan fingerprint density at radius 1 is 1.60 bits per heavy atom. The highest BCUT2D eigenvalue weighted by Gasteiger charge is 2.26. The van der Waals surface area contributed by atoms with Crippen molar-refractivity contribution in [2.24, 2.45) is 0 Å². The normalized spacial score (nSPS) is 18.8. The van der Waals surface area contributed by atoms with Crippen LogP contribution in [0.5, 0.6) is 0 Å². The first kappa shape index (κ1) is 14.2. The third-order valence-electron chi connectivity index (χ3n) is 3.31. The zero-order valence-electron chi connectivity index (χ0n) is 11.4. The number of likely N-dealkylation sites (tertiary alicyclic amines) is 1. The van der Waals surface area contributed by atoms with Gasteiger partial charge in [-0.2, -0.15) is 0 Å². The van der Waals surface area contributed by atoms with Crippen LogP contribution in [0.25, 0.3) is 0 Å². The van der Waals surface area contributed by atoms with Crippen LogP contribution in [0, 0.1) is 10.1 Å². The molecule has 0 bridgehead atoms. The lowest BCUT2D eigenvalue weighted by Crippen LogP contribution is -2.36. The molecule has 0 aromatic carbocycles. The molecule has 0 aliphatic carbocycles. The molecule has 1 fully saturated rings. The Bertz CT molecular complexity index is 534. The minimum atomic E-state index is -0.595. The summed E-state index contributed by atoms with van der Waals surface area (Å²) in [6.07, 6.45) is 1.95. The summed E-state index contributed by atoms with van der Waals surface area (Å²) >= 11 is 0. The number of anilines is 1. The Balaban J connectivity index is 2.21. The first-order chi connectivity index (χ1) is 9.51. The molecule has 1 unspecified atom stereocenters. The average molecular weight is 279 g/mol. The molecule has 1 aromatic heterocycles. The molecule has 0 spiro atoms. The van der Waals surface area contributed by atoms with E-state index in [2.05, 4.69) is 20.5 Å². The van der Waals surface area contributed by atoms with Gasteiger partial charge in [-0.1, -0.05) is 0 Å². The molecular weight excluding hydrogens is 262 g/mol. The van der Waals surface area contributed by atoms with Gasteiger partial charge in [0, 0.05) is 25.7 Å². The second-order valence-electron chi connectivity index (χ2n) is 4.82. The summed E-state index contributed by atoms with van der Waals surface area (Å²) in [5, 5.41) is 16.6. The lowest BCUT2D eigenvalue weighted by molar-refractivity contribution is -0.385. The van der Waals surface area contributed by atoms with Crippen molar-refractivity contribution in [3.8, 4) is 0 Å². The van der Waals surface area contributed by atoms with E-state index in [1.165, 1.54) is 6.07 Å². The van der Waals surface area contributed by atoms with Crippen molar-refractivity contribution in [1.29, 1.82) is 0 Å². The number of pyridine rings is 1. The van der Waals surface area contributed by atoms with Crippen molar-refractivity contribution in [2.75, 3.05) is 32.5 Å². The monoisotopic (exact) mass is 279 g/mol. The maximum atomic E-state index is 12.2. The molecular formula is C12H17N5O3. The molecule has 1 amide bonds. The van der Waals surface area contributed by atoms with Crippen LogP contribution in [0.3, 0.4) is 0 Å². The van der Waals surface area contributed by atoms with E-state index in [0.29, 0.717) is 5.82 Å². The number of hydrogen-bond acceptors (Lipinski definition) is 6. The van der Waals surface area contributed by atoms with Gasteiger partial charge in [0.05, 0.1) is 4.92 Å². The fourth-order valence-electron chi connectivity index (χ4n) is 2.23. The topological polar surface area (TPSA) is 100 Å². The Morgan fingerprint density at radius 2 is 2.35 bits per heavy atom. The Hall–Kier alpha value is -2.22. The van der Waals surface area contributed by atoms with Crippen molar-refractivity contribution in [3.63, 3.8) is 0 Å². The second-order valence-corrected chi connectivity index (χ2v) is 4.82. The highest BCUT2D eigenvalue weighted by molar-refractivity contribution is 5.98. The molecule has 2 heterocycles. The van der Waals surface area contributed by atoms with Crippen molar-refractivity contribution in [3.05, 3.63) is 27.9 Å². The summed E-state index contributed by atoms with van der Waals surface area (Å²) in [7, 11) is 3.61. The summed E-state index contributed by atoms with van der Waals surface area (Å²) in [5.74, 6) is -0.0137. The Kier molecular flexibility index (Phi) is 4.14. The first-order valence-electron chi connectivity index (χ1n) is 6.33. The molecule has 1 atom stereocenters. The van der Waals surface area contributed by atoms with E-state index < -0.39 is 10.8 Å². The van der Waals surface area contributed by atoms with Crippen molar-refractivity contribution in [2.45, 2.75) is 12.5 Å².